The summed E-state index contributed by atoms with van der Waals surface area (Å²) >= 11 is 0. The van der Waals surface area contributed by atoms with Crippen molar-refractivity contribution in [1.82, 2.24) is 0 Å². The SMILES string of the molecule is CCCC(O)COc1ccc(C(C)(C)C)cc1C. The highest BCUT2D eigenvalue weighted by atomic mass is 16.5. The van der Waals surface area contributed by atoms with Crippen molar-refractivity contribution in [2.45, 2.75) is 59.0 Å². The van der Waals surface area contributed by atoms with Crippen LogP contribution in [0.25, 0.3) is 0 Å². The summed E-state index contributed by atoms with van der Waals surface area (Å²) in [5.41, 5.74) is 2.60. The van der Waals surface area contributed by atoms with Crippen molar-refractivity contribution in [1.29, 1.82) is 0 Å². The zero-order chi connectivity index (χ0) is 13.8. The van der Waals surface area contributed by atoms with E-state index in [4.69, 9.17) is 4.74 Å². The van der Waals surface area contributed by atoms with Crippen molar-refractivity contribution in [2.24, 2.45) is 0 Å². The lowest BCUT2D eigenvalue weighted by Crippen LogP contribution is -2.17. The molecule has 0 saturated carbocycles. The number of ether oxygens (including phenoxy) is 1. The van der Waals surface area contributed by atoms with E-state index in [2.05, 4.69) is 46.8 Å². The Balaban J connectivity index is 2.69. The van der Waals surface area contributed by atoms with Gasteiger partial charge in [0, 0.05) is 0 Å². The summed E-state index contributed by atoms with van der Waals surface area (Å²) in [4.78, 5) is 0. The third kappa shape index (κ3) is 4.34. The molecule has 1 N–H and O–H groups in total. The van der Waals surface area contributed by atoms with Gasteiger partial charge in [-0.1, -0.05) is 46.2 Å². The van der Waals surface area contributed by atoms with Gasteiger partial charge in [0.25, 0.3) is 0 Å². The Kier molecular flexibility index (Phi) is 5.21. The number of benzene rings is 1. The fourth-order valence-electron chi connectivity index (χ4n) is 1.88. The van der Waals surface area contributed by atoms with Crippen molar-refractivity contribution in [3.63, 3.8) is 0 Å². The normalized spacial score (nSPS) is 13.4. The molecule has 0 aliphatic heterocycles. The van der Waals surface area contributed by atoms with E-state index in [-0.39, 0.29) is 11.5 Å². The largest absolute Gasteiger partial charge is 0.491 e. The van der Waals surface area contributed by atoms with E-state index in [1.165, 1.54) is 5.56 Å². The van der Waals surface area contributed by atoms with E-state index in [9.17, 15) is 5.11 Å². The lowest BCUT2D eigenvalue weighted by Gasteiger charge is -2.21. The minimum atomic E-state index is -0.364. The first-order valence-electron chi connectivity index (χ1n) is 6.76. The van der Waals surface area contributed by atoms with Gasteiger partial charge >= 0.3 is 0 Å². The maximum Gasteiger partial charge on any atom is 0.122 e. The lowest BCUT2D eigenvalue weighted by atomic mass is 9.86. The van der Waals surface area contributed by atoms with Gasteiger partial charge in [0.15, 0.2) is 0 Å². The standard InChI is InChI=1S/C16H26O2/c1-6-7-14(17)11-18-15-9-8-13(10-12(15)2)16(3,4)5/h8-10,14,17H,6-7,11H2,1-5H3. The van der Waals surface area contributed by atoms with E-state index in [0.717, 1.165) is 24.2 Å². The first-order valence-corrected chi connectivity index (χ1v) is 6.76. The van der Waals surface area contributed by atoms with Gasteiger partial charge in [0.05, 0.1) is 6.10 Å². The molecule has 1 aromatic rings. The Hall–Kier alpha value is -1.02. The summed E-state index contributed by atoms with van der Waals surface area (Å²) in [6, 6.07) is 6.28. The predicted molar refractivity (Wildman–Crippen MR) is 76.3 cm³/mol. The van der Waals surface area contributed by atoms with Gasteiger partial charge in [0.1, 0.15) is 12.4 Å². The van der Waals surface area contributed by atoms with Crippen LogP contribution in [0.5, 0.6) is 5.75 Å². The van der Waals surface area contributed by atoms with Crippen molar-refractivity contribution in [2.75, 3.05) is 6.61 Å². The molecule has 0 fully saturated rings. The number of hydrogen-bond donors (Lipinski definition) is 1. The number of aliphatic hydroxyl groups is 1. The molecule has 0 bridgehead atoms. The van der Waals surface area contributed by atoms with Crippen LogP contribution in [0, 0.1) is 6.92 Å². The Morgan fingerprint density at radius 2 is 1.94 bits per heavy atom. The first-order chi connectivity index (χ1) is 8.34. The topological polar surface area (TPSA) is 29.5 Å². The fraction of sp³-hybridized carbons (Fsp3) is 0.625. The van der Waals surface area contributed by atoms with Crippen LogP contribution in [0.2, 0.25) is 0 Å². The molecule has 18 heavy (non-hydrogen) atoms. The van der Waals surface area contributed by atoms with Gasteiger partial charge in [-0.05, 0) is 36.0 Å². The molecule has 0 heterocycles. The second-order valence-corrected chi connectivity index (χ2v) is 5.98. The van der Waals surface area contributed by atoms with Crippen LogP contribution in [0.1, 0.15) is 51.7 Å². The Bertz CT molecular complexity index is 377. The number of rotatable bonds is 5. The molecule has 1 rings (SSSR count). The maximum absolute atomic E-state index is 9.66. The van der Waals surface area contributed by atoms with Crippen molar-refractivity contribution in [3.05, 3.63) is 29.3 Å². The van der Waals surface area contributed by atoms with E-state index in [0.29, 0.717) is 6.61 Å². The predicted octanol–water partition coefficient (Wildman–Crippen LogP) is 3.83. The molecule has 0 aliphatic rings. The lowest BCUT2D eigenvalue weighted by molar-refractivity contribution is 0.0990. The summed E-state index contributed by atoms with van der Waals surface area (Å²) in [6.07, 6.45) is 1.41. The quantitative estimate of drug-likeness (QED) is 0.860. The minimum absolute atomic E-state index is 0.158. The second kappa shape index (κ2) is 6.24. The highest BCUT2D eigenvalue weighted by Gasteiger charge is 2.15. The van der Waals surface area contributed by atoms with Crippen LogP contribution in [-0.2, 0) is 5.41 Å². The molecule has 102 valence electrons. The fourth-order valence-corrected chi connectivity index (χ4v) is 1.88. The summed E-state index contributed by atoms with van der Waals surface area (Å²) in [5.74, 6) is 0.873. The van der Waals surface area contributed by atoms with Gasteiger partial charge in [-0.2, -0.15) is 0 Å². The van der Waals surface area contributed by atoms with Crippen molar-refractivity contribution >= 4 is 0 Å². The van der Waals surface area contributed by atoms with E-state index in [1.54, 1.807) is 0 Å². The second-order valence-electron chi connectivity index (χ2n) is 5.98. The number of aliphatic hydroxyl groups excluding tert-OH is 1. The molecular weight excluding hydrogens is 224 g/mol. The van der Waals surface area contributed by atoms with E-state index >= 15 is 0 Å². The molecule has 1 unspecified atom stereocenters. The van der Waals surface area contributed by atoms with Gasteiger partial charge in [-0.25, -0.2) is 0 Å². The average molecular weight is 250 g/mol. The van der Waals surface area contributed by atoms with Crippen LogP contribution >= 0.6 is 0 Å². The van der Waals surface area contributed by atoms with Gasteiger partial charge in [0.2, 0.25) is 0 Å². The molecular formula is C16H26O2. The van der Waals surface area contributed by atoms with Crippen molar-refractivity contribution < 1.29 is 9.84 Å². The first kappa shape index (κ1) is 15.0. The Morgan fingerprint density at radius 3 is 2.44 bits per heavy atom. The summed E-state index contributed by atoms with van der Waals surface area (Å²) in [7, 11) is 0. The third-order valence-electron chi connectivity index (χ3n) is 3.09. The molecule has 2 heteroatoms. The van der Waals surface area contributed by atoms with Gasteiger partial charge in [-0.15, -0.1) is 0 Å². The van der Waals surface area contributed by atoms with Crippen molar-refractivity contribution in [3.8, 4) is 5.75 Å². The third-order valence-corrected chi connectivity index (χ3v) is 3.09. The molecule has 2 nitrogen and oxygen atoms in total. The molecule has 0 spiro atoms. The van der Waals surface area contributed by atoms with E-state index in [1.807, 2.05) is 6.07 Å². The van der Waals surface area contributed by atoms with Crippen LogP contribution in [-0.4, -0.2) is 17.8 Å². The Labute approximate surface area is 111 Å². The summed E-state index contributed by atoms with van der Waals surface area (Å²) in [6.45, 7) is 11.1. The molecule has 0 radical (unpaired) electrons. The smallest absolute Gasteiger partial charge is 0.122 e. The van der Waals surface area contributed by atoms with Gasteiger partial charge < -0.3 is 9.84 Å². The zero-order valence-electron chi connectivity index (χ0n) is 12.3. The molecule has 0 saturated heterocycles. The average Bonchev–Trinajstić information content (AvgIpc) is 2.26. The van der Waals surface area contributed by atoms with Crippen LogP contribution in [0.15, 0.2) is 18.2 Å². The molecule has 0 aromatic heterocycles. The van der Waals surface area contributed by atoms with Crippen LogP contribution in [0.4, 0.5) is 0 Å². The summed E-state index contributed by atoms with van der Waals surface area (Å²) < 4.78 is 5.67. The number of aryl methyl sites for hydroxylation is 1. The van der Waals surface area contributed by atoms with Crippen LogP contribution in [0.3, 0.4) is 0 Å². The van der Waals surface area contributed by atoms with Crippen LogP contribution < -0.4 is 4.74 Å². The molecule has 1 atom stereocenters. The highest BCUT2D eigenvalue weighted by molar-refractivity contribution is 5.38. The molecule has 0 aliphatic carbocycles. The summed E-state index contributed by atoms with van der Waals surface area (Å²) in [5, 5.41) is 9.66. The molecule has 0 amide bonds. The van der Waals surface area contributed by atoms with E-state index < -0.39 is 0 Å². The zero-order valence-corrected chi connectivity index (χ0v) is 12.3. The maximum atomic E-state index is 9.66. The minimum Gasteiger partial charge on any atom is -0.491 e. The Morgan fingerprint density at radius 1 is 1.28 bits per heavy atom. The highest BCUT2D eigenvalue weighted by Crippen LogP contribution is 2.27. The monoisotopic (exact) mass is 250 g/mol. The molecule has 1 aromatic carbocycles. The number of hydrogen-bond acceptors (Lipinski definition) is 2. The van der Waals surface area contributed by atoms with Gasteiger partial charge in [-0.3, -0.25) is 0 Å².